The lowest BCUT2D eigenvalue weighted by atomic mass is 10.2. The molecule has 0 spiro atoms. The van der Waals surface area contributed by atoms with E-state index in [1.54, 1.807) is 13.3 Å². The standard InChI is InChI=1S/C10H8BrNO2/c1-14-7-2-8-6(5-13)4-12-10(8)9(11)3-7/h2-5,12H,1H3. The third kappa shape index (κ3) is 1.32. The van der Waals surface area contributed by atoms with Crippen molar-refractivity contribution in [1.29, 1.82) is 0 Å². The van der Waals surface area contributed by atoms with Gasteiger partial charge in [-0.15, -0.1) is 0 Å². The van der Waals surface area contributed by atoms with E-state index in [0.717, 1.165) is 27.4 Å². The topological polar surface area (TPSA) is 42.1 Å². The third-order valence-corrected chi connectivity index (χ3v) is 2.73. The number of aromatic amines is 1. The Balaban J connectivity index is 2.79. The van der Waals surface area contributed by atoms with Gasteiger partial charge in [-0.3, -0.25) is 4.79 Å². The van der Waals surface area contributed by atoms with E-state index in [4.69, 9.17) is 4.74 Å². The summed E-state index contributed by atoms with van der Waals surface area (Å²) in [5.74, 6) is 0.729. The number of rotatable bonds is 2. The zero-order chi connectivity index (χ0) is 10.1. The van der Waals surface area contributed by atoms with Gasteiger partial charge in [-0.1, -0.05) is 0 Å². The lowest BCUT2D eigenvalue weighted by molar-refractivity contribution is 0.112. The summed E-state index contributed by atoms with van der Waals surface area (Å²) in [5.41, 5.74) is 1.55. The van der Waals surface area contributed by atoms with Crippen molar-refractivity contribution in [2.45, 2.75) is 0 Å². The van der Waals surface area contributed by atoms with Crippen LogP contribution in [0.15, 0.2) is 22.8 Å². The Labute approximate surface area is 89.2 Å². The second-order valence-corrected chi connectivity index (χ2v) is 3.75. The van der Waals surface area contributed by atoms with E-state index < -0.39 is 0 Å². The van der Waals surface area contributed by atoms with Gasteiger partial charge in [-0.05, 0) is 28.1 Å². The van der Waals surface area contributed by atoms with Crippen molar-refractivity contribution in [3.05, 3.63) is 28.4 Å². The van der Waals surface area contributed by atoms with Gasteiger partial charge in [0.05, 0.1) is 12.6 Å². The minimum absolute atomic E-state index is 0.639. The van der Waals surface area contributed by atoms with E-state index in [9.17, 15) is 4.79 Å². The number of carbonyl (C=O) groups excluding carboxylic acids is 1. The van der Waals surface area contributed by atoms with Gasteiger partial charge >= 0.3 is 0 Å². The van der Waals surface area contributed by atoms with Gasteiger partial charge in [0, 0.05) is 21.6 Å². The Kier molecular flexibility index (Phi) is 2.29. The molecule has 0 aliphatic heterocycles. The number of benzene rings is 1. The molecule has 0 saturated carbocycles. The Hall–Kier alpha value is -1.29. The van der Waals surface area contributed by atoms with E-state index in [2.05, 4.69) is 20.9 Å². The summed E-state index contributed by atoms with van der Waals surface area (Å²) in [7, 11) is 1.60. The molecule has 4 heteroatoms. The molecule has 0 amide bonds. The van der Waals surface area contributed by atoms with Crippen LogP contribution in [0.25, 0.3) is 10.9 Å². The third-order valence-electron chi connectivity index (χ3n) is 2.11. The molecule has 0 atom stereocenters. The average Bonchev–Trinajstić information content (AvgIpc) is 2.61. The number of halogens is 1. The normalized spacial score (nSPS) is 10.4. The van der Waals surface area contributed by atoms with Crippen molar-refractivity contribution < 1.29 is 9.53 Å². The number of methoxy groups -OCH3 is 1. The summed E-state index contributed by atoms with van der Waals surface area (Å²) in [4.78, 5) is 13.7. The molecular formula is C10H8BrNO2. The average molecular weight is 254 g/mol. The number of hydrogen-bond acceptors (Lipinski definition) is 2. The Morgan fingerprint density at radius 3 is 2.93 bits per heavy atom. The molecule has 0 aliphatic rings. The SMILES string of the molecule is COc1cc(Br)c2[nH]cc(C=O)c2c1. The number of H-pyrrole nitrogens is 1. The van der Waals surface area contributed by atoms with Crippen LogP contribution >= 0.6 is 15.9 Å². The molecule has 0 fully saturated rings. The minimum atomic E-state index is 0.639. The van der Waals surface area contributed by atoms with E-state index in [1.165, 1.54) is 0 Å². The zero-order valence-electron chi connectivity index (χ0n) is 7.50. The minimum Gasteiger partial charge on any atom is -0.497 e. The van der Waals surface area contributed by atoms with Gasteiger partial charge in [-0.25, -0.2) is 0 Å². The molecule has 0 bridgehead atoms. The second kappa shape index (κ2) is 3.46. The van der Waals surface area contributed by atoms with Gasteiger partial charge in [0.15, 0.2) is 6.29 Å². The molecule has 3 nitrogen and oxygen atoms in total. The van der Waals surface area contributed by atoms with Gasteiger partial charge in [-0.2, -0.15) is 0 Å². The molecular weight excluding hydrogens is 246 g/mol. The quantitative estimate of drug-likeness (QED) is 0.837. The van der Waals surface area contributed by atoms with Crippen LogP contribution in [0.5, 0.6) is 5.75 Å². The number of aromatic nitrogens is 1. The van der Waals surface area contributed by atoms with Crippen LogP contribution in [-0.4, -0.2) is 18.4 Å². The predicted octanol–water partition coefficient (Wildman–Crippen LogP) is 2.75. The van der Waals surface area contributed by atoms with Crippen LogP contribution in [0, 0.1) is 0 Å². The molecule has 0 aliphatic carbocycles. The molecule has 0 radical (unpaired) electrons. The number of hydrogen-bond donors (Lipinski definition) is 1. The maximum atomic E-state index is 10.7. The molecule has 0 unspecified atom stereocenters. The summed E-state index contributed by atoms with van der Waals surface area (Å²) in [5, 5.41) is 0.867. The predicted molar refractivity (Wildman–Crippen MR) is 57.9 cm³/mol. The van der Waals surface area contributed by atoms with Crippen LogP contribution in [0.3, 0.4) is 0 Å². The molecule has 72 valence electrons. The van der Waals surface area contributed by atoms with Crippen molar-refractivity contribution in [2.24, 2.45) is 0 Å². The number of nitrogens with one attached hydrogen (secondary N) is 1. The molecule has 1 N–H and O–H groups in total. The fourth-order valence-corrected chi connectivity index (χ4v) is 1.95. The van der Waals surface area contributed by atoms with Crippen molar-refractivity contribution in [3.8, 4) is 5.75 Å². The first-order chi connectivity index (χ1) is 6.76. The molecule has 1 heterocycles. The van der Waals surface area contributed by atoms with Gasteiger partial charge in [0.2, 0.25) is 0 Å². The van der Waals surface area contributed by atoms with Gasteiger partial charge in [0.25, 0.3) is 0 Å². The number of fused-ring (bicyclic) bond motifs is 1. The second-order valence-electron chi connectivity index (χ2n) is 2.89. The van der Waals surface area contributed by atoms with Crippen molar-refractivity contribution in [2.75, 3.05) is 7.11 Å². The van der Waals surface area contributed by atoms with E-state index >= 15 is 0 Å². The zero-order valence-corrected chi connectivity index (χ0v) is 9.09. The summed E-state index contributed by atoms with van der Waals surface area (Å²) in [6.07, 6.45) is 2.51. The van der Waals surface area contributed by atoms with Crippen LogP contribution < -0.4 is 4.74 Å². The highest BCUT2D eigenvalue weighted by Crippen LogP contribution is 2.30. The van der Waals surface area contributed by atoms with Crippen LogP contribution in [0.4, 0.5) is 0 Å². The fraction of sp³-hybridized carbons (Fsp3) is 0.100. The fourth-order valence-electron chi connectivity index (χ4n) is 1.40. The molecule has 1 aromatic heterocycles. The maximum absolute atomic E-state index is 10.7. The van der Waals surface area contributed by atoms with Crippen molar-refractivity contribution >= 4 is 33.1 Å². The lowest BCUT2D eigenvalue weighted by Crippen LogP contribution is -1.83. The Bertz CT molecular complexity index is 490. The maximum Gasteiger partial charge on any atom is 0.152 e. The van der Waals surface area contributed by atoms with Crippen LogP contribution in [0.1, 0.15) is 10.4 Å². The van der Waals surface area contributed by atoms with Gasteiger partial charge in [0.1, 0.15) is 5.75 Å². The number of aldehydes is 1. The van der Waals surface area contributed by atoms with E-state index in [-0.39, 0.29) is 0 Å². The number of carbonyl (C=O) groups is 1. The first-order valence-corrected chi connectivity index (χ1v) is 4.85. The molecule has 2 rings (SSSR count). The smallest absolute Gasteiger partial charge is 0.152 e. The molecule has 2 aromatic rings. The first kappa shape index (κ1) is 9.27. The Morgan fingerprint density at radius 1 is 1.50 bits per heavy atom. The summed E-state index contributed by atoms with van der Waals surface area (Å²) in [6, 6.07) is 3.69. The lowest BCUT2D eigenvalue weighted by Gasteiger charge is -2.01. The molecule has 14 heavy (non-hydrogen) atoms. The molecule has 1 aromatic carbocycles. The first-order valence-electron chi connectivity index (χ1n) is 4.06. The molecule has 0 saturated heterocycles. The number of ether oxygens (including phenoxy) is 1. The highest BCUT2D eigenvalue weighted by molar-refractivity contribution is 9.10. The van der Waals surface area contributed by atoms with Crippen molar-refractivity contribution in [1.82, 2.24) is 4.98 Å². The summed E-state index contributed by atoms with van der Waals surface area (Å²) in [6.45, 7) is 0. The summed E-state index contributed by atoms with van der Waals surface area (Å²) >= 11 is 3.40. The van der Waals surface area contributed by atoms with E-state index in [0.29, 0.717) is 5.56 Å². The summed E-state index contributed by atoms with van der Waals surface area (Å²) < 4.78 is 6.00. The largest absolute Gasteiger partial charge is 0.497 e. The van der Waals surface area contributed by atoms with Gasteiger partial charge < -0.3 is 9.72 Å². The highest BCUT2D eigenvalue weighted by atomic mass is 79.9. The van der Waals surface area contributed by atoms with Crippen LogP contribution in [-0.2, 0) is 0 Å². The van der Waals surface area contributed by atoms with Crippen LogP contribution in [0.2, 0.25) is 0 Å². The van der Waals surface area contributed by atoms with Crippen molar-refractivity contribution in [3.63, 3.8) is 0 Å². The Morgan fingerprint density at radius 2 is 2.29 bits per heavy atom. The highest BCUT2D eigenvalue weighted by Gasteiger charge is 2.07. The monoisotopic (exact) mass is 253 g/mol. The van der Waals surface area contributed by atoms with E-state index in [1.807, 2.05) is 12.1 Å².